The highest BCUT2D eigenvalue weighted by atomic mass is 19.4. The van der Waals surface area contributed by atoms with Crippen molar-refractivity contribution in [2.75, 3.05) is 7.05 Å². The van der Waals surface area contributed by atoms with Crippen molar-refractivity contribution >= 4 is 22.5 Å². The highest BCUT2D eigenvalue weighted by Gasteiger charge is 2.30. The molecule has 0 saturated heterocycles. The number of nitrogens with zero attached hydrogens (tertiary/aromatic N) is 2. The number of hydrazone groups is 1. The van der Waals surface area contributed by atoms with Crippen molar-refractivity contribution in [1.82, 2.24) is 10.3 Å². The molecule has 0 radical (unpaired) electrons. The number of halogens is 3. The molecular weight excluding hydrogens is 407 g/mol. The van der Waals surface area contributed by atoms with E-state index in [1.54, 1.807) is 38.2 Å². The van der Waals surface area contributed by atoms with Crippen molar-refractivity contribution in [3.63, 3.8) is 0 Å². The van der Waals surface area contributed by atoms with E-state index in [2.05, 4.69) is 10.4 Å². The lowest BCUT2D eigenvalue weighted by Gasteiger charge is -2.21. The van der Waals surface area contributed by atoms with Gasteiger partial charge in [0.2, 0.25) is 0 Å². The molecule has 31 heavy (non-hydrogen) atoms. The van der Waals surface area contributed by atoms with Gasteiger partial charge < -0.3 is 11.2 Å². The van der Waals surface area contributed by atoms with E-state index in [1.807, 2.05) is 12.1 Å². The summed E-state index contributed by atoms with van der Waals surface area (Å²) in [5.74, 6) is 10.9. The Hall–Kier alpha value is -3.59. The first kappa shape index (κ1) is 22.1. The normalized spacial score (nSPS) is 13.2. The predicted molar refractivity (Wildman–Crippen MR) is 115 cm³/mol. The van der Waals surface area contributed by atoms with Crippen LogP contribution in [0.3, 0.4) is 0 Å². The maximum atomic E-state index is 12.8. The van der Waals surface area contributed by atoms with Crippen molar-refractivity contribution in [3.8, 4) is 11.1 Å². The van der Waals surface area contributed by atoms with Crippen LogP contribution in [0.1, 0.15) is 22.8 Å². The van der Waals surface area contributed by atoms with E-state index in [9.17, 15) is 18.0 Å². The molecule has 5 N–H and O–H groups in total. The zero-order chi connectivity index (χ0) is 22.8. The van der Waals surface area contributed by atoms with Crippen LogP contribution in [0, 0.1) is 0 Å². The fourth-order valence-electron chi connectivity index (χ4n) is 3.37. The zero-order valence-electron chi connectivity index (χ0n) is 16.9. The standard InChI is InChI=1S/C22H22F3N5O/c1-13(20(29-26)30(2)27)28-21(31)16-8-11-19-15(12-16)4-3-5-18(19)14-6-9-17(10-7-14)22(23,24)25/h3-13H,26-27H2,1-2H3,(H,28,31)/b29-20-. The van der Waals surface area contributed by atoms with Gasteiger partial charge in [-0.3, -0.25) is 9.80 Å². The molecule has 0 saturated carbocycles. The first-order valence-corrected chi connectivity index (χ1v) is 9.39. The molecule has 0 aliphatic rings. The van der Waals surface area contributed by atoms with E-state index in [4.69, 9.17) is 11.7 Å². The minimum Gasteiger partial charge on any atom is -0.342 e. The Labute approximate surface area is 177 Å². The Morgan fingerprint density at radius 2 is 1.77 bits per heavy atom. The number of benzene rings is 3. The Balaban J connectivity index is 1.90. The Morgan fingerprint density at radius 3 is 2.35 bits per heavy atom. The SMILES string of the molecule is CC(NC(=O)c1ccc2c(-c3ccc(C(F)(F)F)cc3)cccc2c1)/C(=N/N)N(C)N. The summed E-state index contributed by atoms with van der Waals surface area (Å²) in [6.45, 7) is 1.71. The van der Waals surface area contributed by atoms with E-state index in [-0.39, 0.29) is 5.91 Å². The molecule has 6 nitrogen and oxygen atoms in total. The molecule has 162 valence electrons. The van der Waals surface area contributed by atoms with Crippen molar-refractivity contribution in [2.24, 2.45) is 16.8 Å². The molecule has 0 aliphatic heterocycles. The number of nitrogens with one attached hydrogen (secondary N) is 1. The molecular formula is C22H22F3N5O. The molecule has 3 aromatic carbocycles. The summed E-state index contributed by atoms with van der Waals surface area (Å²) in [6.07, 6.45) is -4.39. The summed E-state index contributed by atoms with van der Waals surface area (Å²) in [4.78, 5) is 12.7. The van der Waals surface area contributed by atoms with E-state index >= 15 is 0 Å². The lowest BCUT2D eigenvalue weighted by molar-refractivity contribution is -0.137. The van der Waals surface area contributed by atoms with Crippen LogP contribution in [0.2, 0.25) is 0 Å². The third-order valence-electron chi connectivity index (χ3n) is 4.89. The number of amidine groups is 1. The van der Waals surface area contributed by atoms with Crippen LogP contribution in [-0.2, 0) is 6.18 Å². The fraction of sp³-hybridized carbons (Fsp3) is 0.182. The minimum absolute atomic E-state index is 0.304. The quantitative estimate of drug-likeness (QED) is 0.255. The molecule has 3 aromatic rings. The second-order valence-corrected chi connectivity index (χ2v) is 7.11. The summed E-state index contributed by atoms with van der Waals surface area (Å²) in [5, 5.41) is 9.19. The number of fused-ring (bicyclic) bond motifs is 1. The molecule has 0 heterocycles. The Morgan fingerprint density at radius 1 is 1.10 bits per heavy atom. The van der Waals surface area contributed by atoms with Gasteiger partial charge in [-0.1, -0.05) is 36.4 Å². The maximum Gasteiger partial charge on any atom is 0.416 e. The molecule has 1 atom stereocenters. The number of carbonyl (C=O) groups is 1. The fourth-order valence-corrected chi connectivity index (χ4v) is 3.37. The molecule has 0 bridgehead atoms. The first-order chi connectivity index (χ1) is 14.6. The van der Waals surface area contributed by atoms with E-state index in [0.717, 1.165) is 28.5 Å². The van der Waals surface area contributed by atoms with Gasteiger partial charge in [0, 0.05) is 12.6 Å². The minimum atomic E-state index is -4.39. The lowest BCUT2D eigenvalue weighted by Crippen LogP contribution is -2.48. The molecule has 1 amide bonds. The zero-order valence-corrected chi connectivity index (χ0v) is 16.9. The molecule has 0 fully saturated rings. The van der Waals surface area contributed by atoms with Gasteiger partial charge in [0.1, 0.15) is 0 Å². The van der Waals surface area contributed by atoms with Gasteiger partial charge in [-0.05, 0) is 53.1 Å². The summed E-state index contributed by atoms with van der Waals surface area (Å²) in [6, 6.07) is 15.1. The smallest absolute Gasteiger partial charge is 0.342 e. The second-order valence-electron chi connectivity index (χ2n) is 7.11. The van der Waals surface area contributed by atoms with Crippen LogP contribution < -0.4 is 17.0 Å². The van der Waals surface area contributed by atoms with E-state index in [1.165, 1.54) is 17.1 Å². The van der Waals surface area contributed by atoms with Gasteiger partial charge in [-0.2, -0.15) is 18.3 Å². The van der Waals surface area contributed by atoms with Gasteiger partial charge in [0.15, 0.2) is 5.84 Å². The molecule has 0 spiro atoms. The van der Waals surface area contributed by atoms with Crippen molar-refractivity contribution in [2.45, 2.75) is 19.1 Å². The molecule has 3 rings (SSSR count). The number of hydrogen-bond acceptors (Lipinski definition) is 4. The summed E-state index contributed by atoms with van der Waals surface area (Å²) >= 11 is 0. The number of hydrazine groups is 1. The average Bonchev–Trinajstić information content (AvgIpc) is 2.72. The van der Waals surface area contributed by atoms with Gasteiger partial charge >= 0.3 is 6.18 Å². The van der Waals surface area contributed by atoms with Crippen molar-refractivity contribution < 1.29 is 18.0 Å². The van der Waals surface area contributed by atoms with Crippen LogP contribution in [0.5, 0.6) is 0 Å². The van der Waals surface area contributed by atoms with E-state index < -0.39 is 17.8 Å². The third-order valence-corrected chi connectivity index (χ3v) is 4.89. The number of alkyl halides is 3. The van der Waals surface area contributed by atoms with Crippen LogP contribution >= 0.6 is 0 Å². The molecule has 1 unspecified atom stereocenters. The highest BCUT2D eigenvalue weighted by Crippen LogP contribution is 2.33. The van der Waals surface area contributed by atoms with Gasteiger partial charge in [-0.25, -0.2) is 5.84 Å². The molecule has 0 aromatic heterocycles. The van der Waals surface area contributed by atoms with Gasteiger partial charge in [-0.15, -0.1) is 0 Å². The van der Waals surface area contributed by atoms with Gasteiger partial charge in [0.05, 0.1) is 11.6 Å². The summed E-state index contributed by atoms with van der Waals surface area (Å²) in [7, 11) is 1.56. The number of likely N-dealkylation sites (N-methyl/N-ethyl adjacent to an activating group) is 1. The van der Waals surface area contributed by atoms with Crippen LogP contribution in [0.4, 0.5) is 13.2 Å². The number of hydrogen-bond donors (Lipinski definition) is 3. The summed E-state index contributed by atoms with van der Waals surface area (Å²) in [5.41, 5.74) is 1.14. The van der Waals surface area contributed by atoms with Crippen LogP contribution in [0.25, 0.3) is 21.9 Å². The third kappa shape index (κ3) is 4.77. The second kappa shape index (κ2) is 8.65. The Kier molecular flexibility index (Phi) is 6.16. The highest BCUT2D eigenvalue weighted by molar-refractivity contribution is 6.04. The van der Waals surface area contributed by atoms with Crippen molar-refractivity contribution in [3.05, 3.63) is 71.8 Å². The predicted octanol–water partition coefficient (Wildman–Crippen LogP) is 3.72. The van der Waals surface area contributed by atoms with Gasteiger partial charge in [0.25, 0.3) is 5.91 Å². The van der Waals surface area contributed by atoms with Crippen LogP contribution in [0.15, 0.2) is 65.8 Å². The van der Waals surface area contributed by atoms with E-state index in [0.29, 0.717) is 17.0 Å². The van der Waals surface area contributed by atoms with Crippen LogP contribution in [-0.4, -0.2) is 29.8 Å². The molecule has 9 heteroatoms. The number of carbonyl (C=O) groups excluding carboxylic acids is 1. The molecule has 0 aliphatic carbocycles. The number of amides is 1. The number of rotatable bonds is 4. The topological polar surface area (TPSA) is 96.7 Å². The number of nitrogens with two attached hydrogens (primary N) is 2. The monoisotopic (exact) mass is 429 g/mol. The summed E-state index contributed by atoms with van der Waals surface area (Å²) < 4.78 is 38.5. The lowest BCUT2D eigenvalue weighted by atomic mass is 9.96. The average molecular weight is 429 g/mol. The maximum absolute atomic E-state index is 12.8. The largest absolute Gasteiger partial charge is 0.416 e. The Bertz CT molecular complexity index is 1120. The van der Waals surface area contributed by atoms with Crippen molar-refractivity contribution in [1.29, 1.82) is 0 Å². The first-order valence-electron chi connectivity index (χ1n) is 9.39.